The molecule has 0 N–H and O–H groups in total. The van der Waals surface area contributed by atoms with Gasteiger partial charge in [-0.2, -0.15) is 5.10 Å². The third-order valence-corrected chi connectivity index (χ3v) is 5.72. The van der Waals surface area contributed by atoms with Gasteiger partial charge < -0.3 is 9.15 Å². The van der Waals surface area contributed by atoms with Gasteiger partial charge in [0.2, 0.25) is 5.82 Å². The Hall–Kier alpha value is -4.46. The van der Waals surface area contributed by atoms with E-state index in [1.807, 2.05) is 47.1 Å². The fourth-order valence-corrected chi connectivity index (χ4v) is 3.97. The van der Waals surface area contributed by atoms with Gasteiger partial charge in [-0.25, -0.2) is 19.2 Å². The molecule has 8 heteroatoms. The van der Waals surface area contributed by atoms with Crippen LogP contribution in [-0.4, -0.2) is 29.4 Å². The number of ether oxygens (including phenoxy) is 1. The van der Waals surface area contributed by atoms with Gasteiger partial charge in [0.15, 0.2) is 17.1 Å². The number of furan rings is 1. The molecule has 0 bridgehead atoms. The Labute approximate surface area is 195 Å². The molecule has 0 atom stereocenters. The van der Waals surface area contributed by atoms with Crippen molar-refractivity contribution in [1.29, 1.82) is 0 Å². The van der Waals surface area contributed by atoms with Crippen molar-refractivity contribution in [3.8, 4) is 17.3 Å². The zero-order valence-corrected chi connectivity index (χ0v) is 18.4. The van der Waals surface area contributed by atoms with Crippen LogP contribution in [0.3, 0.4) is 0 Å². The quantitative estimate of drug-likeness (QED) is 0.326. The SMILES string of the molecule is c1ccc(COc2ccc(CCCn3ncc4c3ncn3nc(-c5ccco5)nc43)cc2)cc1. The highest BCUT2D eigenvalue weighted by Crippen LogP contribution is 2.22. The minimum Gasteiger partial charge on any atom is -0.489 e. The lowest BCUT2D eigenvalue weighted by atomic mass is 10.1. The van der Waals surface area contributed by atoms with Gasteiger partial charge in [0.25, 0.3) is 0 Å². The van der Waals surface area contributed by atoms with Crippen molar-refractivity contribution in [2.45, 2.75) is 26.0 Å². The Kier molecular flexibility index (Phi) is 5.23. The Morgan fingerprint density at radius 2 is 1.76 bits per heavy atom. The predicted molar refractivity (Wildman–Crippen MR) is 127 cm³/mol. The highest BCUT2D eigenvalue weighted by molar-refractivity contribution is 5.88. The van der Waals surface area contributed by atoms with Gasteiger partial charge in [-0.05, 0) is 48.2 Å². The Bertz CT molecular complexity index is 1520. The molecule has 0 unspecified atom stereocenters. The number of hydrogen-bond acceptors (Lipinski definition) is 6. The van der Waals surface area contributed by atoms with Crippen LogP contribution < -0.4 is 4.74 Å². The minimum atomic E-state index is 0.531. The van der Waals surface area contributed by atoms with Crippen LogP contribution in [0.2, 0.25) is 0 Å². The minimum absolute atomic E-state index is 0.531. The summed E-state index contributed by atoms with van der Waals surface area (Å²) in [4.78, 5) is 9.18. The van der Waals surface area contributed by atoms with Crippen LogP contribution in [0.15, 0.2) is 89.9 Å². The maximum absolute atomic E-state index is 5.88. The van der Waals surface area contributed by atoms with Crippen molar-refractivity contribution < 1.29 is 9.15 Å². The zero-order valence-electron chi connectivity index (χ0n) is 18.4. The largest absolute Gasteiger partial charge is 0.489 e. The second kappa shape index (κ2) is 8.82. The monoisotopic (exact) mass is 450 g/mol. The summed E-state index contributed by atoms with van der Waals surface area (Å²) >= 11 is 0. The van der Waals surface area contributed by atoms with Crippen molar-refractivity contribution in [3.63, 3.8) is 0 Å². The van der Waals surface area contributed by atoms with Gasteiger partial charge in [-0.3, -0.25) is 0 Å². The summed E-state index contributed by atoms with van der Waals surface area (Å²) in [6.45, 7) is 1.33. The van der Waals surface area contributed by atoms with Crippen LogP contribution in [0.25, 0.3) is 28.3 Å². The normalized spacial score (nSPS) is 11.4. The van der Waals surface area contributed by atoms with E-state index in [9.17, 15) is 0 Å². The molecule has 0 aliphatic rings. The molecule has 168 valence electrons. The molecule has 4 heterocycles. The number of fused-ring (bicyclic) bond motifs is 3. The molecule has 34 heavy (non-hydrogen) atoms. The standard InChI is InChI=1S/C26H22N6O2/c1-2-6-20(7-3-1)17-34-21-12-10-19(11-13-21)8-4-14-31-25-22(16-28-31)26-29-24(23-9-5-15-33-23)30-32(26)18-27-25/h1-3,5-7,9-13,15-16,18H,4,8,14,17H2. The summed E-state index contributed by atoms with van der Waals surface area (Å²) in [7, 11) is 0. The Balaban J connectivity index is 1.10. The van der Waals surface area contributed by atoms with E-state index in [4.69, 9.17) is 9.15 Å². The summed E-state index contributed by atoms with van der Waals surface area (Å²) in [5.74, 6) is 2.03. The van der Waals surface area contributed by atoms with Crippen LogP contribution in [-0.2, 0) is 19.6 Å². The Morgan fingerprint density at radius 3 is 2.59 bits per heavy atom. The van der Waals surface area contributed by atoms with Crippen molar-refractivity contribution in [1.82, 2.24) is 29.4 Å². The number of hydrogen-bond donors (Lipinski definition) is 0. The molecule has 0 radical (unpaired) electrons. The number of nitrogens with zero attached hydrogens (tertiary/aromatic N) is 6. The maximum atomic E-state index is 5.88. The molecule has 2 aromatic carbocycles. The van der Waals surface area contributed by atoms with Gasteiger partial charge >= 0.3 is 0 Å². The molecular weight excluding hydrogens is 428 g/mol. The van der Waals surface area contributed by atoms with E-state index in [-0.39, 0.29) is 0 Å². The smallest absolute Gasteiger partial charge is 0.217 e. The molecule has 0 amide bonds. The van der Waals surface area contributed by atoms with E-state index in [0.29, 0.717) is 23.8 Å². The molecule has 0 aliphatic carbocycles. The van der Waals surface area contributed by atoms with E-state index in [2.05, 4.69) is 44.4 Å². The molecule has 0 spiro atoms. The van der Waals surface area contributed by atoms with Crippen LogP contribution in [0.4, 0.5) is 0 Å². The summed E-state index contributed by atoms with van der Waals surface area (Å²) in [5, 5.41) is 9.87. The summed E-state index contributed by atoms with van der Waals surface area (Å²) in [6, 6.07) is 22.1. The van der Waals surface area contributed by atoms with E-state index < -0.39 is 0 Å². The maximum Gasteiger partial charge on any atom is 0.217 e. The summed E-state index contributed by atoms with van der Waals surface area (Å²) in [5.41, 5.74) is 3.94. The van der Waals surface area contributed by atoms with Gasteiger partial charge in [0, 0.05) is 6.54 Å². The fourth-order valence-electron chi connectivity index (χ4n) is 3.97. The van der Waals surface area contributed by atoms with Gasteiger partial charge in [0.05, 0.1) is 17.8 Å². The number of benzene rings is 2. The van der Waals surface area contributed by atoms with Crippen LogP contribution in [0.1, 0.15) is 17.5 Å². The zero-order chi connectivity index (χ0) is 22.7. The number of aryl methyl sites for hydroxylation is 2. The summed E-state index contributed by atoms with van der Waals surface area (Å²) in [6.07, 6.45) is 6.97. The molecule has 0 aliphatic heterocycles. The van der Waals surface area contributed by atoms with E-state index >= 15 is 0 Å². The summed E-state index contributed by atoms with van der Waals surface area (Å²) < 4.78 is 14.9. The molecule has 6 rings (SSSR count). The van der Waals surface area contributed by atoms with E-state index in [0.717, 1.165) is 41.7 Å². The lowest BCUT2D eigenvalue weighted by Gasteiger charge is -2.08. The fraction of sp³-hybridized carbons (Fsp3) is 0.154. The van der Waals surface area contributed by atoms with Gasteiger partial charge in [-0.1, -0.05) is 42.5 Å². The van der Waals surface area contributed by atoms with Crippen LogP contribution >= 0.6 is 0 Å². The Morgan fingerprint density at radius 1 is 0.882 bits per heavy atom. The number of aromatic nitrogens is 6. The van der Waals surface area contributed by atoms with Crippen LogP contribution in [0.5, 0.6) is 5.75 Å². The van der Waals surface area contributed by atoms with Crippen molar-refractivity contribution in [2.24, 2.45) is 0 Å². The lowest BCUT2D eigenvalue weighted by Crippen LogP contribution is -2.03. The predicted octanol–water partition coefficient (Wildman–Crippen LogP) is 4.95. The average Bonchev–Trinajstić information content (AvgIpc) is 3.63. The van der Waals surface area contributed by atoms with E-state index in [1.54, 1.807) is 23.3 Å². The van der Waals surface area contributed by atoms with Crippen molar-refractivity contribution >= 4 is 16.7 Å². The first-order valence-corrected chi connectivity index (χ1v) is 11.2. The molecular formula is C26H22N6O2. The molecule has 6 aromatic rings. The number of rotatable bonds is 8. The molecule has 0 saturated carbocycles. The highest BCUT2D eigenvalue weighted by Gasteiger charge is 2.14. The molecule has 8 nitrogen and oxygen atoms in total. The first kappa shape index (κ1) is 20.2. The highest BCUT2D eigenvalue weighted by atomic mass is 16.5. The molecule has 4 aromatic heterocycles. The first-order valence-electron chi connectivity index (χ1n) is 11.2. The second-order valence-corrected chi connectivity index (χ2v) is 8.05. The lowest BCUT2D eigenvalue weighted by molar-refractivity contribution is 0.306. The molecule has 0 fully saturated rings. The third-order valence-electron chi connectivity index (χ3n) is 5.72. The van der Waals surface area contributed by atoms with Gasteiger partial charge in [-0.15, -0.1) is 5.10 Å². The topological polar surface area (TPSA) is 83.3 Å². The second-order valence-electron chi connectivity index (χ2n) is 8.05. The van der Waals surface area contributed by atoms with Crippen molar-refractivity contribution in [3.05, 3.63) is 96.6 Å². The average molecular weight is 451 g/mol. The van der Waals surface area contributed by atoms with Crippen LogP contribution in [0, 0.1) is 0 Å². The molecule has 0 saturated heterocycles. The third kappa shape index (κ3) is 4.01. The first-order chi connectivity index (χ1) is 16.8. The van der Waals surface area contributed by atoms with E-state index in [1.165, 1.54) is 5.56 Å². The van der Waals surface area contributed by atoms with Crippen molar-refractivity contribution in [2.75, 3.05) is 0 Å². The van der Waals surface area contributed by atoms with Gasteiger partial charge in [0.1, 0.15) is 18.7 Å².